The standard InChI is InChI=1S/C13H17FN2O/c1-9-2-5-11(14)12(6-9)15-8-13(17)16-7-10-3-4-10/h2,5-6,10,15H,3-4,7-8H2,1H3,(H,16,17). The van der Waals surface area contributed by atoms with Crippen molar-refractivity contribution in [1.82, 2.24) is 5.32 Å². The second kappa shape index (κ2) is 5.17. The summed E-state index contributed by atoms with van der Waals surface area (Å²) >= 11 is 0. The molecule has 2 N–H and O–H groups in total. The molecule has 0 heterocycles. The molecule has 0 aliphatic heterocycles. The minimum Gasteiger partial charge on any atom is -0.374 e. The van der Waals surface area contributed by atoms with Crippen LogP contribution in [0.4, 0.5) is 10.1 Å². The van der Waals surface area contributed by atoms with E-state index in [1.54, 1.807) is 12.1 Å². The Balaban J connectivity index is 1.79. The molecule has 1 aliphatic rings. The number of carbonyl (C=O) groups excluding carboxylic acids is 1. The fourth-order valence-electron chi connectivity index (χ4n) is 1.59. The molecule has 0 aromatic heterocycles. The summed E-state index contributed by atoms with van der Waals surface area (Å²) in [6.07, 6.45) is 2.42. The molecule has 1 fully saturated rings. The Morgan fingerprint density at radius 2 is 2.24 bits per heavy atom. The molecule has 17 heavy (non-hydrogen) atoms. The zero-order chi connectivity index (χ0) is 12.3. The van der Waals surface area contributed by atoms with Crippen LogP contribution < -0.4 is 10.6 Å². The highest BCUT2D eigenvalue weighted by molar-refractivity contribution is 5.80. The van der Waals surface area contributed by atoms with E-state index in [9.17, 15) is 9.18 Å². The maximum absolute atomic E-state index is 13.3. The number of amides is 1. The molecular weight excluding hydrogens is 219 g/mol. The van der Waals surface area contributed by atoms with Crippen molar-refractivity contribution in [3.05, 3.63) is 29.6 Å². The van der Waals surface area contributed by atoms with E-state index in [2.05, 4.69) is 10.6 Å². The van der Waals surface area contributed by atoms with Crippen LogP contribution in [0.5, 0.6) is 0 Å². The molecule has 0 unspecified atom stereocenters. The molecule has 0 radical (unpaired) electrons. The molecule has 3 nitrogen and oxygen atoms in total. The summed E-state index contributed by atoms with van der Waals surface area (Å²) in [4.78, 5) is 11.4. The van der Waals surface area contributed by atoms with Gasteiger partial charge in [-0.1, -0.05) is 6.07 Å². The van der Waals surface area contributed by atoms with Gasteiger partial charge in [0, 0.05) is 6.54 Å². The van der Waals surface area contributed by atoms with Gasteiger partial charge in [-0.2, -0.15) is 0 Å². The first-order valence-electron chi connectivity index (χ1n) is 5.92. The SMILES string of the molecule is Cc1ccc(F)c(NCC(=O)NCC2CC2)c1. The van der Waals surface area contributed by atoms with Crippen LogP contribution in [-0.2, 0) is 4.79 Å². The van der Waals surface area contributed by atoms with Crippen molar-refractivity contribution in [3.8, 4) is 0 Å². The molecule has 1 aromatic carbocycles. The minimum absolute atomic E-state index is 0.0854. The number of carbonyl (C=O) groups is 1. The third-order valence-corrected chi connectivity index (χ3v) is 2.85. The van der Waals surface area contributed by atoms with Gasteiger partial charge in [-0.15, -0.1) is 0 Å². The van der Waals surface area contributed by atoms with Crippen LogP contribution in [0.1, 0.15) is 18.4 Å². The number of nitrogens with one attached hydrogen (secondary N) is 2. The van der Waals surface area contributed by atoms with Gasteiger partial charge in [-0.05, 0) is 43.4 Å². The molecule has 0 bridgehead atoms. The van der Waals surface area contributed by atoms with Crippen LogP contribution in [-0.4, -0.2) is 19.0 Å². The van der Waals surface area contributed by atoms with E-state index in [4.69, 9.17) is 0 Å². The Morgan fingerprint density at radius 1 is 1.47 bits per heavy atom. The van der Waals surface area contributed by atoms with E-state index >= 15 is 0 Å². The zero-order valence-electron chi connectivity index (χ0n) is 9.92. The fourth-order valence-corrected chi connectivity index (χ4v) is 1.59. The first-order chi connectivity index (χ1) is 8.15. The van der Waals surface area contributed by atoms with Crippen molar-refractivity contribution in [1.29, 1.82) is 0 Å². The maximum atomic E-state index is 13.3. The predicted octanol–water partition coefficient (Wildman–Crippen LogP) is 2.07. The average Bonchev–Trinajstić information content (AvgIpc) is 3.11. The lowest BCUT2D eigenvalue weighted by Gasteiger charge is -2.08. The Bertz CT molecular complexity index is 416. The van der Waals surface area contributed by atoms with Gasteiger partial charge in [0.2, 0.25) is 5.91 Å². The van der Waals surface area contributed by atoms with Crippen LogP contribution >= 0.6 is 0 Å². The van der Waals surface area contributed by atoms with Crippen molar-refractivity contribution in [2.24, 2.45) is 5.92 Å². The van der Waals surface area contributed by atoms with Crippen molar-refractivity contribution in [2.45, 2.75) is 19.8 Å². The lowest BCUT2D eigenvalue weighted by atomic mass is 10.2. The number of rotatable bonds is 5. The van der Waals surface area contributed by atoms with Gasteiger partial charge in [0.25, 0.3) is 0 Å². The normalized spacial score (nSPS) is 14.5. The van der Waals surface area contributed by atoms with Crippen molar-refractivity contribution < 1.29 is 9.18 Å². The topological polar surface area (TPSA) is 41.1 Å². The largest absolute Gasteiger partial charge is 0.374 e. The molecule has 92 valence electrons. The van der Waals surface area contributed by atoms with E-state index in [0.717, 1.165) is 12.1 Å². The Hall–Kier alpha value is -1.58. The first-order valence-corrected chi connectivity index (χ1v) is 5.92. The second-order valence-corrected chi connectivity index (χ2v) is 4.58. The van der Waals surface area contributed by atoms with Gasteiger partial charge in [-0.3, -0.25) is 4.79 Å². The van der Waals surface area contributed by atoms with Crippen LogP contribution in [0.2, 0.25) is 0 Å². The number of aryl methyl sites for hydroxylation is 1. The van der Waals surface area contributed by atoms with Gasteiger partial charge < -0.3 is 10.6 Å². The Morgan fingerprint density at radius 3 is 2.94 bits per heavy atom. The van der Waals surface area contributed by atoms with Gasteiger partial charge in [0.05, 0.1) is 12.2 Å². The summed E-state index contributed by atoms with van der Waals surface area (Å²) in [5, 5.41) is 5.64. The molecule has 1 amide bonds. The van der Waals surface area contributed by atoms with E-state index < -0.39 is 0 Å². The highest BCUT2D eigenvalue weighted by atomic mass is 19.1. The molecule has 0 spiro atoms. The third-order valence-electron chi connectivity index (χ3n) is 2.85. The highest BCUT2D eigenvalue weighted by Crippen LogP contribution is 2.27. The summed E-state index contributed by atoms with van der Waals surface area (Å²) in [7, 11) is 0. The van der Waals surface area contributed by atoms with Crippen LogP contribution in [0.25, 0.3) is 0 Å². The quantitative estimate of drug-likeness (QED) is 0.821. The molecule has 1 aromatic rings. The molecular formula is C13H17FN2O. The monoisotopic (exact) mass is 236 g/mol. The minimum atomic E-state index is -0.328. The average molecular weight is 236 g/mol. The van der Waals surface area contributed by atoms with Gasteiger partial charge >= 0.3 is 0 Å². The van der Waals surface area contributed by atoms with Crippen molar-refractivity contribution >= 4 is 11.6 Å². The number of hydrogen-bond donors (Lipinski definition) is 2. The smallest absolute Gasteiger partial charge is 0.239 e. The van der Waals surface area contributed by atoms with Gasteiger partial charge in [0.15, 0.2) is 0 Å². The summed E-state index contributed by atoms with van der Waals surface area (Å²) in [6.45, 7) is 2.75. The molecule has 1 aliphatic carbocycles. The Labute approximate surface area is 100 Å². The predicted molar refractivity (Wildman–Crippen MR) is 65.4 cm³/mol. The summed E-state index contributed by atoms with van der Waals surface area (Å²) < 4.78 is 13.3. The number of anilines is 1. The van der Waals surface area contributed by atoms with Gasteiger partial charge in [0.1, 0.15) is 5.82 Å². The molecule has 4 heteroatoms. The molecule has 0 atom stereocenters. The van der Waals surface area contributed by atoms with E-state index in [-0.39, 0.29) is 18.3 Å². The zero-order valence-corrected chi connectivity index (χ0v) is 9.92. The maximum Gasteiger partial charge on any atom is 0.239 e. The van der Waals surface area contributed by atoms with Crippen molar-refractivity contribution in [2.75, 3.05) is 18.4 Å². The lowest BCUT2D eigenvalue weighted by molar-refractivity contribution is -0.119. The number of hydrogen-bond acceptors (Lipinski definition) is 2. The highest BCUT2D eigenvalue weighted by Gasteiger charge is 2.21. The summed E-state index contributed by atoms with van der Waals surface area (Å²) in [5.41, 5.74) is 1.35. The van der Waals surface area contributed by atoms with E-state index in [1.807, 2.05) is 6.92 Å². The molecule has 0 saturated heterocycles. The van der Waals surface area contributed by atoms with Crippen LogP contribution in [0, 0.1) is 18.7 Å². The lowest BCUT2D eigenvalue weighted by Crippen LogP contribution is -2.31. The number of benzene rings is 1. The van der Waals surface area contributed by atoms with Crippen LogP contribution in [0.3, 0.4) is 0 Å². The summed E-state index contributed by atoms with van der Waals surface area (Å²) in [5.74, 6) is 0.248. The van der Waals surface area contributed by atoms with E-state index in [0.29, 0.717) is 11.6 Å². The van der Waals surface area contributed by atoms with Crippen molar-refractivity contribution in [3.63, 3.8) is 0 Å². The fraction of sp³-hybridized carbons (Fsp3) is 0.462. The molecule has 2 rings (SSSR count). The Kier molecular flexibility index (Phi) is 3.61. The first kappa shape index (κ1) is 11.9. The van der Waals surface area contributed by atoms with Crippen LogP contribution in [0.15, 0.2) is 18.2 Å². The van der Waals surface area contributed by atoms with E-state index in [1.165, 1.54) is 18.9 Å². The third kappa shape index (κ3) is 3.73. The number of halogens is 1. The molecule has 1 saturated carbocycles. The van der Waals surface area contributed by atoms with Gasteiger partial charge in [-0.25, -0.2) is 4.39 Å². The second-order valence-electron chi connectivity index (χ2n) is 4.58. The summed E-state index contributed by atoms with van der Waals surface area (Å²) in [6, 6.07) is 4.80.